The summed E-state index contributed by atoms with van der Waals surface area (Å²) in [6.45, 7) is 4.51. The molecule has 0 radical (unpaired) electrons. The zero-order valence-electron chi connectivity index (χ0n) is 9.79. The summed E-state index contributed by atoms with van der Waals surface area (Å²) in [5, 5.41) is 5.46. The van der Waals surface area contributed by atoms with Gasteiger partial charge in [-0.05, 0) is 44.1 Å². The summed E-state index contributed by atoms with van der Waals surface area (Å²) in [6, 6.07) is 5.95. The van der Waals surface area contributed by atoms with Gasteiger partial charge in [0.2, 0.25) is 0 Å². The van der Waals surface area contributed by atoms with Gasteiger partial charge in [0.05, 0.1) is 15.2 Å². The molecule has 1 fully saturated rings. The van der Waals surface area contributed by atoms with Gasteiger partial charge in [0.25, 0.3) is 0 Å². The average Bonchev–Trinajstić information content (AvgIpc) is 2.73. The van der Waals surface area contributed by atoms with Crippen molar-refractivity contribution in [3.05, 3.63) is 28.2 Å². The highest BCUT2D eigenvalue weighted by molar-refractivity contribution is 7.18. The summed E-state index contributed by atoms with van der Waals surface area (Å²) >= 11 is 7.81. The second-order valence-corrected chi connectivity index (χ2v) is 6.41. The first-order valence-corrected chi connectivity index (χ1v) is 7.14. The fourth-order valence-corrected chi connectivity index (χ4v) is 3.79. The fraction of sp³-hybridized carbons (Fsp3) is 0.462. The number of rotatable bonds is 1. The lowest BCUT2D eigenvalue weighted by atomic mass is 9.82. The summed E-state index contributed by atoms with van der Waals surface area (Å²) in [5.74, 6) is 0. The monoisotopic (exact) mass is 266 g/mol. The van der Waals surface area contributed by atoms with Gasteiger partial charge in [-0.2, -0.15) is 0 Å². The molecule has 1 aromatic heterocycles. The van der Waals surface area contributed by atoms with Crippen LogP contribution in [0, 0.1) is 0 Å². The highest BCUT2D eigenvalue weighted by atomic mass is 35.5. The van der Waals surface area contributed by atoms with Gasteiger partial charge in [-0.3, -0.25) is 0 Å². The number of benzene rings is 1. The van der Waals surface area contributed by atoms with Crippen molar-refractivity contribution >= 4 is 33.2 Å². The fourth-order valence-electron chi connectivity index (χ4n) is 2.35. The number of nitrogens with one attached hydrogen (secondary N) is 1. The third-order valence-corrected chi connectivity index (χ3v) is 5.13. The Labute approximate surface area is 110 Å². The molecule has 0 unspecified atom stereocenters. The maximum Gasteiger partial charge on any atom is 0.0998 e. The predicted octanol–water partition coefficient (Wildman–Crippen LogP) is 3.59. The summed E-state index contributed by atoms with van der Waals surface area (Å²) in [7, 11) is 0. The molecule has 1 aromatic carbocycles. The van der Waals surface area contributed by atoms with E-state index in [9.17, 15) is 0 Å². The van der Waals surface area contributed by atoms with Crippen LogP contribution in [0.15, 0.2) is 18.2 Å². The van der Waals surface area contributed by atoms with Crippen molar-refractivity contribution < 1.29 is 0 Å². The Balaban J connectivity index is 2.05. The number of halogens is 1. The molecule has 3 rings (SSSR count). The van der Waals surface area contributed by atoms with E-state index in [4.69, 9.17) is 16.6 Å². The van der Waals surface area contributed by atoms with Crippen LogP contribution in [-0.4, -0.2) is 18.1 Å². The molecule has 1 N–H and O–H groups in total. The summed E-state index contributed by atoms with van der Waals surface area (Å²) < 4.78 is 1.20. The van der Waals surface area contributed by atoms with E-state index in [0.717, 1.165) is 23.6 Å². The summed E-state index contributed by atoms with van der Waals surface area (Å²) in [4.78, 5) is 4.78. The molecular weight excluding hydrogens is 252 g/mol. The number of nitrogens with zero attached hydrogens (tertiary/aromatic N) is 1. The van der Waals surface area contributed by atoms with Crippen LogP contribution < -0.4 is 5.32 Å². The maximum atomic E-state index is 6.02. The molecule has 0 spiro atoms. The van der Waals surface area contributed by atoms with Gasteiger partial charge < -0.3 is 5.32 Å². The average molecular weight is 267 g/mol. The van der Waals surface area contributed by atoms with Crippen molar-refractivity contribution in [3.8, 4) is 0 Å². The maximum absolute atomic E-state index is 6.02. The van der Waals surface area contributed by atoms with Crippen LogP contribution in [0.3, 0.4) is 0 Å². The smallest absolute Gasteiger partial charge is 0.0998 e. The third kappa shape index (κ3) is 2.07. The van der Waals surface area contributed by atoms with Gasteiger partial charge in [0.15, 0.2) is 0 Å². The number of piperidine rings is 1. The van der Waals surface area contributed by atoms with Crippen LogP contribution in [0.5, 0.6) is 0 Å². The van der Waals surface area contributed by atoms with Gasteiger partial charge in [-0.15, -0.1) is 11.3 Å². The molecule has 4 heteroatoms. The van der Waals surface area contributed by atoms with Crippen molar-refractivity contribution in [1.82, 2.24) is 10.3 Å². The second kappa shape index (κ2) is 4.23. The van der Waals surface area contributed by atoms with Crippen LogP contribution in [0.2, 0.25) is 5.02 Å². The molecule has 17 heavy (non-hydrogen) atoms. The topological polar surface area (TPSA) is 24.9 Å². The third-order valence-electron chi connectivity index (χ3n) is 3.57. The molecule has 1 aliphatic heterocycles. The van der Waals surface area contributed by atoms with E-state index < -0.39 is 0 Å². The summed E-state index contributed by atoms with van der Waals surface area (Å²) in [5.41, 5.74) is 1.32. The van der Waals surface area contributed by atoms with Crippen molar-refractivity contribution in [3.63, 3.8) is 0 Å². The number of thiazole rings is 1. The Bertz CT molecular complexity index is 543. The predicted molar refractivity (Wildman–Crippen MR) is 74.1 cm³/mol. The molecule has 0 saturated carbocycles. The first-order valence-electron chi connectivity index (χ1n) is 5.95. The van der Waals surface area contributed by atoms with Crippen molar-refractivity contribution in [2.24, 2.45) is 0 Å². The molecule has 2 heterocycles. The Hall–Kier alpha value is -0.640. The first kappa shape index (κ1) is 11.5. The molecule has 0 aliphatic carbocycles. The summed E-state index contributed by atoms with van der Waals surface area (Å²) in [6.07, 6.45) is 2.33. The van der Waals surface area contributed by atoms with E-state index in [2.05, 4.69) is 12.2 Å². The van der Waals surface area contributed by atoms with Crippen LogP contribution in [0.25, 0.3) is 10.2 Å². The Kier molecular flexibility index (Phi) is 2.85. The molecule has 2 nitrogen and oxygen atoms in total. The molecule has 1 saturated heterocycles. The minimum atomic E-state index is 0.238. The van der Waals surface area contributed by atoms with Crippen molar-refractivity contribution in [2.75, 3.05) is 13.1 Å². The second-order valence-electron chi connectivity index (χ2n) is 4.94. The molecule has 0 atom stereocenters. The van der Waals surface area contributed by atoms with Crippen molar-refractivity contribution in [1.29, 1.82) is 0 Å². The molecule has 90 valence electrons. The Morgan fingerprint density at radius 1 is 1.35 bits per heavy atom. The van der Waals surface area contributed by atoms with E-state index in [1.54, 1.807) is 11.3 Å². The lowest BCUT2D eigenvalue weighted by Gasteiger charge is -2.31. The largest absolute Gasteiger partial charge is 0.317 e. The highest BCUT2D eigenvalue weighted by Crippen LogP contribution is 2.38. The lowest BCUT2D eigenvalue weighted by molar-refractivity contribution is 0.334. The lowest BCUT2D eigenvalue weighted by Crippen LogP contribution is -2.37. The van der Waals surface area contributed by atoms with Crippen LogP contribution >= 0.6 is 22.9 Å². The minimum Gasteiger partial charge on any atom is -0.317 e. The SMILES string of the molecule is CC1(c2nc3ccc(Cl)cc3s2)CCNCC1. The molecular formula is C13H15ClN2S. The van der Waals surface area contributed by atoms with Gasteiger partial charge in [0, 0.05) is 10.4 Å². The van der Waals surface area contributed by atoms with Crippen LogP contribution in [0.1, 0.15) is 24.8 Å². The van der Waals surface area contributed by atoms with E-state index >= 15 is 0 Å². The zero-order valence-corrected chi connectivity index (χ0v) is 11.4. The number of fused-ring (bicyclic) bond motifs is 1. The Morgan fingerprint density at radius 3 is 2.88 bits per heavy atom. The van der Waals surface area contributed by atoms with Crippen molar-refractivity contribution in [2.45, 2.75) is 25.2 Å². The quantitative estimate of drug-likeness (QED) is 0.853. The zero-order chi connectivity index (χ0) is 11.9. The number of hydrogen-bond acceptors (Lipinski definition) is 3. The standard InChI is InChI=1S/C13H15ClN2S/c1-13(4-6-15-7-5-13)12-16-10-3-2-9(14)8-11(10)17-12/h2-3,8,15H,4-7H2,1H3. The normalized spacial score (nSPS) is 19.6. The number of hydrogen-bond donors (Lipinski definition) is 1. The van der Waals surface area contributed by atoms with Gasteiger partial charge in [-0.1, -0.05) is 18.5 Å². The highest BCUT2D eigenvalue weighted by Gasteiger charge is 2.31. The minimum absolute atomic E-state index is 0.238. The van der Waals surface area contributed by atoms with E-state index in [0.29, 0.717) is 0 Å². The van der Waals surface area contributed by atoms with E-state index in [1.807, 2.05) is 18.2 Å². The first-order chi connectivity index (χ1) is 8.17. The molecule has 2 aromatic rings. The van der Waals surface area contributed by atoms with Crippen LogP contribution in [-0.2, 0) is 5.41 Å². The molecule has 0 amide bonds. The van der Waals surface area contributed by atoms with Crippen LogP contribution in [0.4, 0.5) is 0 Å². The Morgan fingerprint density at radius 2 is 2.12 bits per heavy atom. The van der Waals surface area contributed by atoms with E-state index in [1.165, 1.54) is 22.5 Å². The number of aromatic nitrogens is 1. The van der Waals surface area contributed by atoms with Gasteiger partial charge in [-0.25, -0.2) is 4.98 Å². The molecule has 1 aliphatic rings. The van der Waals surface area contributed by atoms with Gasteiger partial charge in [0.1, 0.15) is 0 Å². The molecule has 0 bridgehead atoms. The van der Waals surface area contributed by atoms with Gasteiger partial charge >= 0.3 is 0 Å². The van der Waals surface area contributed by atoms with E-state index in [-0.39, 0.29) is 5.41 Å².